The zero-order valence-electron chi connectivity index (χ0n) is 16.7. The van der Waals surface area contributed by atoms with Crippen LogP contribution in [0.1, 0.15) is 58.9 Å². The topological polar surface area (TPSA) is 23.6 Å². The van der Waals surface area contributed by atoms with Crippen LogP contribution in [-0.2, 0) is 17.4 Å². The minimum Gasteiger partial charge on any atom is -0.366 e. The second-order valence-electron chi connectivity index (χ2n) is 9.72. The van der Waals surface area contributed by atoms with Crippen LogP contribution in [0, 0.1) is 5.92 Å². The largest absolute Gasteiger partial charge is 0.366 e. The van der Waals surface area contributed by atoms with Gasteiger partial charge >= 0.3 is 0 Å². The number of benzene rings is 1. The van der Waals surface area contributed by atoms with Crippen LogP contribution in [0.2, 0.25) is 5.02 Å². The van der Waals surface area contributed by atoms with E-state index in [9.17, 15) is 4.21 Å². The monoisotopic (exact) mass is 472 g/mol. The standard InChI is InChI=1S/C21H30BrClN2OS/c1-14-8-15-9-16(23)10-18(22)19(15)24(12-14)17-11-21(6-5-7-21)25(13-17)27(26)20(2,3)4/h9-10,14,17H,5-8,11-13H2,1-4H3. The summed E-state index contributed by atoms with van der Waals surface area (Å²) in [6, 6.07) is 4.56. The zero-order chi connectivity index (χ0) is 19.6. The first-order valence-corrected chi connectivity index (χ1v) is 12.3. The van der Waals surface area contributed by atoms with Gasteiger partial charge in [0.1, 0.15) is 11.0 Å². The van der Waals surface area contributed by atoms with Crippen molar-refractivity contribution in [3.8, 4) is 0 Å². The maximum absolute atomic E-state index is 13.3. The Labute approximate surface area is 179 Å². The highest BCUT2D eigenvalue weighted by atomic mass is 79.9. The molecule has 0 bridgehead atoms. The zero-order valence-corrected chi connectivity index (χ0v) is 19.9. The molecule has 1 aromatic carbocycles. The molecule has 2 heterocycles. The molecule has 3 atom stereocenters. The molecule has 3 aliphatic rings. The number of fused-ring (bicyclic) bond motifs is 1. The normalized spacial score (nSPS) is 28.9. The van der Waals surface area contributed by atoms with Gasteiger partial charge in [-0.15, -0.1) is 0 Å². The lowest BCUT2D eigenvalue weighted by molar-refractivity contribution is 0.131. The third-order valence-corrected chi connectivity index (χ3v) is 9.25. The Hall–Kier alpha value is -0.100. The molecule has 2 fully saturated rings. The molecule has 1 aliphatic carbocycles. The van der Waals surface area contributed by atoms with E-state index in [1.165, 1.54) is 30.5 Å². The molecular formula is C21H30BrClN2OS. The molecule has 0 aromatic heterocycles. The number of halogens is 2. The molecule has 4 rings (SSSR count). The van der Waals surface area contributed by atoms with Crippen molar-refractivity contribution in [1.82, 2.24) is 4.31 Å². The van der Waals surface area contributed by atoms with Gasteiger partial charge < -0.3 is 4.90 Å². The molecule has 3 unspecified atom stereocenters. The summed E-state index contributed by atoms with van der Waals surface area (Å²) in [5.74, 6) is 0.599. The van der Waals surface area contributed by atoms with Gasteiger partial charge in [0.25, 0.3) is 0 Å². The fraction of sp³-hybridized carbons (Fsp3) is 0.714. The minimum absolute atomic E-state index is 0.141. The molecule has 150 valence electrons. The summed E-state index contributed by atoms with van der Waals surface area (Å²) >= 11 is 10.1. The van der Waals surface area contributed by atoms with Crippen molar-refractivity contribution in [2.75, 3.05) is 18.0 Å². The Morgan fingerprint density at radius 1 is 1.26 bits per heavy atom. The van der Waals surface area contributed by atoms with E-state index >= 15 is 0 Å². The first-order chi connectivity index (χ1) is 12.6. The summed E-state index contributed by atoms with van der Waals surface area (Å²) in [6.45, 7) is 10.6. The van der Waals surface area contributed by atoms with E-state index in [1.54, 1.807) is 0 Å². The third kappa shape index (κ3) is 3.51. The number of anilines is 1. The van der Waals surface area contributed by atoms with Crippen molar-refractivity contribution in [2.45, 2.75) is 76.1 Å². The Balaban J connectivity index is 1.68. The fourth-order valence-electron chi connectivity index (χ4n) is 5.11. The van der Waals surface area contributed by atoms with Gasteiger partial charge in [-0.25, -0.2) is 8.51 Å². The summed E-state index contributed by atoms with van der Waals surface area (Å²) in [6.07, 6.45) is 5.82. The number of hydrogen-bond donors (Lipinski definition) is 0. The molecular weight excluding hydrogens is 444 g/mol. The van der Waals surface area contributed by atoms with Crippen LogP contribution in [0.25, 0.3) is 0 Å². The van der Waals surface area contributed by atoms with Gasteiger partial charge in [-0.05, 0) is 92.4 Å². The first kappa shape index (κ1) is 20.2. The Morgan fingerprint density at radius 3 is 2.56 bits per heavy atom. The van der Waals surface area contributed by atoms with Crippen LogP contribution in [0.4, 0.5) is 5.69 Å². The molecule has 1 saturated carbocycles. The maximum atomic E-state index is 13.3. The molecule has 2 aliphatic heterocycles. The van der Waals surface area contributed by atoms with E-state index in [1.807, 2.05) is 6.07 Å². The van der Waals surface area contributed by atoms with Crippen molar-refractivity contribution < 1.29 is 4.21 Å². The molecule has 1 spiro atoms. The van der Waals surface area contributed by atoms with E-state index < -0.39 is 11.0 Å². The number of hydrogen-bond acceptors (Lipinski definition) is 2. The third-order valence-electron chi connectivity index (χ3n) is 6.44. The van der Waals surface area contributed by atoms with Gasteiger partial charge in [0, 0.05) is 34.2 Å². The number of nitrogens with zero attached hydrogens (tertiary/aromatic N) is 2. The second kappa shape index (κ2) is 7.00. The van der Waals surface area contributed by atoms with Crippen LogP contribution in [-0.4, -0.2) is 37.9 Å². The average molecular weight is 474 g/mol. The molecule has 3 nitrogen and oxygen atoms in total. The minimum atomic E-state index is -0.958. The van der Waals surface area contributed by atoms with Crippen molar-refractivity contribution in [2.24, 2.45) is 5.92 Å². The van der Waals surface area contributed by atoms with Gasteiger partial charge in [0.15, 0.2) is 0 Å². The van der Waals surface area contributed by atoms with E-state index in [0.29, 0.717) is 12.0 Å². The Bertz CT molecular complexity index is 774. The molecule has 0 radical (unpaired) electrons. The highest BCUT2D eigenvalue weighted by Crippen LogP contribution is 2.50. The van der Waals surface area contributed by atoms with E-state index in [2.05, 4.69) is 58.9 Å². The van der Waals surface area contributed by atoms with Crippen LogP contribution < -0.4 is 4.90 Å². The molecule has 0 amide bonds. The maximum Gasteiger partial charge on any atom is 0.100 e. The Morgan fingerprint density at radius 2 is 1.96 bits per heavy atom. The average Bonchev–Trinajstić information content (AvgIpc) is 2.92. The summed E-state index contributed by atoms with van der Waals surface area (Å²) in [5.41, 5.74) is 2.79. The van der Waals surface area contributed by atoms with Gasteiger partial charge in [0.2, 0.25) is 0 Å². The number of rotatable bonds is 2. The van der Waals surface area contributed by atoms with Gasteiger partial charge in [-0.2, -0.15) is 0 Å². The summed E-state index contributed by atoms with van der Waals surface area (Å²) in [4.78, 5) is 2.59. The van der Waals surface area contributed by atoms with Crippen molar-refractivity contribution in [1.29, 1.82) is 0 Å². The van der Waals surface area contributed by atoms with Crippen LogP contribution in [0.3, 0.4) is 0 Å². The molecule has 0 N–H and O–H groups in total. The van der Waals surface area contributed by atoms with Gasteiger partial charge in [-0.3, -0.25) is 0 Å². The highest BCUT2D eigenvalue weighted by Gasteiger charge is 2.54. The summed E-state index contributed by atoms with van der Waals surface area (Å²) in [7, 11) is -0.958. The van der Waals surface area contributed by atoms with Crippen molar-refractivity contribution >= 4 is 44.2 Å². The predicted octanol–water partition coefficient (Wildman–Crippen LogP) is 5.56. The highest BCUT2D eigenvalue weighted by molar-refractivity contribution is 9.10. The second-order valence-corrected chi connectivity index (χ2v) is 13.2. The van der Waals surface area contributed by atoms with Crippen LogP contribution in [0.5, 0.6) is 0 Å². The predicted molar refractivity (Wildman–Crippen MR) is 119 cm³/mol. The summed E-state index contributed by atoms with van der Waals surface area (Å²) < 4.78 is 16.6. The van der Waals surface area contributed by atoms with Gasteiger partial charge in [0.05, 0.1) is 10.4 Å². The lowest BCUT2D eigenvalue weighted by Gasteiger charge is -2.46. The smallest absolute Gasteiger partial charge is 0.100 e. The van der Waals surface area contributed by atoms with Crippen LogP contribution >= 0.6 is 27.5 Å². The first-order valence-electron chi connectivity index (χ1n) is 10.0. The molecule has 6 heteroatoms. The van der Waals surface area contributed by atoms with Gasteiger partial charge in [-0.1, -0.05) is 18.5 Å². The van der Waals surface area contributed by atoms with Crippen molar-refractivity contribution in [3.05, 3.63) is 27.2 Å². The quantitative estimate of drug-likeness (QED) is 0.561. The molecule has 1 aromatic rings. The molecule has 27 heavy (non-hydrogen) atoms. The lowest BCUT2D eigenvalue weighted by Crippen LogP contribution is -2.53. The fourth-order valence-corrected chi connectivity index (χ4v) is 7.79. The van der Waals surface area contributed by atoms with Crippen molar-refractivity contribution in [3.63, 3.8) is 0 Å². The Kier molecular flexibility index (Phi) is 5.23. The van der Waals surface area contributed by atoms with E-state index in [4.69, 9.17) is 11.6 Å². The molecule has 1 saturated heterocycles. The van der Waals surface area contributed by atoms with Crippen LogP contribution in [0.15, 0.2) is 16.6 Å². The van der Waals surface area contributed by atoms with E-state index in [-0.39, 0.29) is 10.3 Å². The lowest BCUT2D eigenvalue weighted by atomic mass is 9.75. The SMILES string of the molecule is CC1Cc2cc(Cl)cc(Br)c2N(C2CN(S(=O)C(C)(C)C)C3(CCC3)C2)C1. The summed E-state index contributed by atoms with van der Waals surface area (Å²) in [5, 5.41) is 0.798. The van der Waals surface area contributed by atoms with E-state index in [0.717, 1.165) is 35.4 Å².